The van der Waals surface area contributed by atoms with Crippen LogP contribution in [0.3, 0.4) is 0 Å². The van der Waals surface area contributed by atoms with Crippen LogP contribution < -0.4 is 5.32 Å². The summed E-state index contributed by atoms with van der Waals surface area (Å²) in [5.74, 6) is 0.0177. The molecule has 6 nitrogen and oxygen atoms in total. The van der Waals surface area contributed by atoms with Gasteiger partial charge in [-0.05, 0) is 12.8 Å². The number of hydrogen-bond donors (Lipinski definition) is 2. The molecule has 18 heavy (non-hydrogen) atoms. The van der Waals surface area contributed by atoms with E-state index >= 15 is 0 Å². The summed E-state index contributed by atoms with van der Waals surface area (Å²) in [4.78, 5) is 13.8. The quantitative estimate of drug-likeness (QED) is 0.660. The van der Waals surface area contributed by atoms with Gasteiger partial charge in [0, 0.05) is 26.2 Å². The Hall–Kier alpha value is -0.690. The molecule has 2 atom stereocenters. The summed E-state index contributed by atoms with van der Waals surface area (Å²) in [6.07, 6.45) is 2.14. The van der Waals surface area contributed by atoms with Crippen molar-refractivity contribution in [1.29, 1.82) is 0 Å². The third-order valence-electron chi connectivity index (χ3n) is 3.34. The zero-order valence-corrected chi connectivity index (χ0v) is 10.6. The first-order valence-electron chi connectivity index (χ1n) is 6.61. The summed E-state index contributed by atoms with van der Waals surface area (Å²) in [7, 11) is 0. The van der Waals surface area contributed by atoms with Crippen molar-refractivity contribution in [2.75, 3.05) is 46.0 Å². The number of nitrogens with one attached hydrogen (secondary N) is 1. The summed E-state index contributed by atoms with van der Waals surface area (Å²) < 4.78 is 10.8. The first-order valence-corrected chi connectivity index (χ1v) is 6.61. The van der Waals surface area contributed by atoms with Crippen molar-refractivity contribution in [1.82, 2.24) is 10.2 Å². The molecule has 104 valence electrons. The third-order valence-corrected chi connectivity index (χ3v) is 3.34. The number of carbonyl (C=O) groups is 1. The van der Waals surface area contributed by atoms with Gasteiger partial charge < -0.3 is 19.9 Å². The predicted molar refractivity (Wildman–Crippen MR) is 65.2 cm³/mol. The topological polar surface area (TPSA) is 71.0 Å². The van der Waals surface area contributed by atoms with E-state index in [1.165, 1.54) is 0 Å². The van der Waals surface area contributed by atoms with Crippen LogP contribution in [-0.2, 0) is 14.3 Å². The largest absolute Gasteiger partial charge is 0.394 e. The average Bonchev–Trinajstić information content (AvgIpc) is 2.90. The molecule has 0 aromatic heterocycles. The van der Waals surface area contributed by atoms with Gasteiger partial charge in [0.2, 0.25) is 5.91 Å². The van der Waals surface area contributed by atoms with Crippen molar-refractivity contribution in [3.8, 4) is 0 Å². The summed E-state index contributed by atoms with van der Waals surface area (Å²) in [5.41, 5.74) is 0. The van der Waals surface area contributed by atoms with E-state index in [9.17, 15) is 4.79 Å². The highest BCUT2D eigenvalue weighted by Crippen LogP contribution is 2.10. The second-order valence-corrected chi connectivity index (χ2v) is 4.85. The Labute approximate surface area is 107 Å². The summed E-state index contributed by atoms with van der Waals surface area (Å²) in [6.45, 7) is 3.72. The smallest absolute Gasteiger partial charge is 0.234 e. The van der Waals surface area contributed by atoms with Gasteiger partial charge >= 0.3 is 0 Å². The SMILES string of the molecule is O=C(CN1CCOC(CO)C1)NCC1CCCO1. The molecule has 2 saturated heterocycles. The number of hydrogen-bond acceptors (Lipinski definition) is 5. The molecule has 0 spiro atoms. The van der Waals surface area contributed by atoms with Crippen LogP contribution in [-0.4, -0.2) is 74.1 Å². The molecule has 0 radical (unpaired) electrons. The first-order chi connectivity index (χ1) is 8.78. The maximum Gasteiger partial charge on any atom is 0.234 e. The van der Waals surface area contributed by atoms with Crippen LogP contribution in [0.15, 0.2) is 0 Å². The van der Waals surface area contributed by atoms with Crippen LogP contribution in [0.4, 0.5) is 0 Å². The third kappa shape index (κ3) is 4.20. The van der Waals surface area contributed by atoms with Crippen molar-refractivity contribution in [3.63, 3.8) is 0 Å². The van der Waals surface area contributed by atoms with Gasteiger partial charge in [-0.15, -0.1) is 0 Å². The van der Waals surface area contributed by atoms with Crippen LogP contribution in [0.5, 0.6) is 0 Å². The van der Waals surface area contributed by atoms with Crippen molar-refractivity contribution in [2.24, 2.45) is 0 Å². The normalized spacial score (nSPS) is 29.4. The summed E-state index contributed by atoms with van der Waals surface area (Å²) in [6, 6.07) is 0. The van der Waals surface area contributed by atoms with Gasteiger partial charge in [-0.3, -0.25) is 9.69 Å². The Morgan fingerprint density at radius 1 is 1.33 bits per heavy atom. The van der Waals surface area contributed by atoms with Crippen molar-refractivity contribution >= 4 is 5.91 Å². The van der Waals surface area contributed by atoms with Gasteiger partial charge in [0.05, 0.1) is 32.0 Å². The molecular formula is C12H22N2O4. The van der Waals surface area contributed by atoms with E-state index < -0.39 is 0 Å². The molecule has 2 N–H and O–H groups in total. The van der Waals surface area contributed by atoms with E-state index in [4.69, 9.17) is 14.6 Å². The minimum absolute atomic E-state index is 0.00797. The summed E-state index contributed by atoms with van der Waals surface area (Å²) in [5, 5.41) is 11.9. The van der Waals surface area contributed by atoms with Crippen LogP contribution >= 0.6 is 0 Å². The first kappa shape index (κ1) is 13.7. The van der Waals surface area contributed by atoms with E-state index in [-0.39, 0.29) is 24.7 Å². The van der Waals surface area contributed by atoms with Crippen molar-refractivity contribution in [3.05, 3.63) is 0 Å². The minimum atomic E-state index is -0.162. The lowest BCUT2D eigenvalue weighted by Gasteiger charge is -2.31. The fraction of sp³-hybridized carbons (Fsp3) is 0.917. The van der Waals surface area contributed by atoms with Gasteiger partial charge in [0.15, 0.2) is 0 Å². The van der Waals surface area contributed by atoms with Gasteiger partial charge in [0.25, 0.3) is 0 Å². The lowest BCUT2D eigenvalue weighted by atomic mass is 10.2. The Balaban J connectivity index is 1.63. The minimum Gasteiger partial charge on any atom is -0.394 e. The average molecular weight is 258 g/mol. The molecule has 2 rings (SSSR count). The van der Waals surface area contributed by atoms with E-state index in [2.05, 4.69) is 5.32 Å². The lowest BCUT2D eigenvalue weighted by molar-refractivity contribution is -0.125. The van der Waals surface area contributed by atoms with E-state index in [1.54, 1.807) is 0 Å². The van der Waals surface area contributed by atoms with Gasteiger partial charge in [-0.25, -0.2) is 0 Å². The Morgan fingerprint density at radius 3 is 2.89 bits per heavy atom. The molecular weight excluding hydrogens is 236 g/mol. The van der Waals surface area contributed by atoms with Crippen LogP contribution in [0.1, 0.15) is 12.8 Å². The molecule has 6 heteroatoms. The highest BCUT2D eigenvalue weighted by atomic mass is 16.5. The van der Waals surface area contributed by atoms with Crippen LogP contribution in [0, 0.1) is 0 Å². The highest BCUT2D eigenvalue weighted by Gasteiger charge is 2.22. The lowest BCUT2D eigenvalue weighted by Crippen LogP contribution is -2.48. The van der Waals surface area contributed by atoms with E-state index in [0.29, 0.717) is 26.2 Å². The molecule has 2 heterocycles. The van der Waals surface area contributed by atoms with E-state index in [1.807, 2.05) is 4.90 Å². The van der Waals surface area contributed by atoms with Gasteiger partial charge in [-0.2, -0.15) is 0 Å². The fourth-order valence-electron chi connectivity index (χ4n) is 2.33. The Kier molecular flexibility index (Phi) is 5.37. The molecule has 0 bridgehead atoms. The molecule has 2 aliphatic heterocycles. The molecule has 0 aliphatic carbocycles. The second kappa shape index (κ2) is 7.04. The predicted octanol–water partition coefficient (Wildman–Crippen LogP) is -1.03. The number of nitrogens with zero attached hydrogens (tertiary/aromatic N) is 1. The van der Waals surface area contributed by atoms with Crippen LogP contribution in [0.2, 0.25) is 0 Å². The number of carbonyl (C=O) groups excluding carboxylic acids is 1. The molecule has 2 unspecified atom stereocenters. The molecule has 0 aromatic rings. The molecule has 2 aliphatic rings. The number of rotatable bonds is 5. The van der Waals surface area contributed by atoms with Gasteiger partial charge in [-0.1, -0.05) is 0 Å². The second-order valence-electron chi connectivity index (χ2n) is 4.85. The number of aliphatic hydroxyl groups is 1. The summed E-state index contributed by atoms with van der Waals surface area (Å²) >= 11 is 0. The zero-order valence-electron chi connectivity index (χ0n) is 10.6. The number of morpholine rings is 1. The molecule has 0 aromatic carbocycles. The Morgan fingerprint density at radius 2 is 2.17 bits per heavy atom. The zero-order chi connectivity index (χ0) is 12.8. The fourth-order valence-corrected chi connectivity index (χ4v) is 2.33. The standard InChI is InChI=1S/C12H22N2O4/c15-9-11-7-14(3-5-18-11)8-12(16)13-6-10-2-1-4-17-10/h10-11,15H,1-9H2,(H,13,16). The molecule has 1 amide bonds. The number of amides is 1. The van der Waals surface area contributed by atoms with Gasteiger partial charge in [0.1, 0.15) is 0 Å². The molecule has 2 fully saturated rings. The van der Waals surface area contributed by atoms with Crippen molar-refractivity contribution in [2.45, 2.75) is 25.0 Å². The Bertz CT molecular complexity index is 269. The van der Waals surface area contributed by atoms with Crippen LogP contribution in [0.25, 0.3) is 0 Å². The maximum atomic E-state index is 11.8. The number of aliphatic hydroxyl groups excluding tert-OH is 1. The molecule has 0 saturated carbocycles. The number of ether oxygens (including phenoxy) is 2. The van der Waals surface area contributed by atoms with Crippen molar-refractivity contribution < 1.29 is 19.4 Å². The highest BCUT2D eigenvalue weighted by molar-refractivity contribution is 5.78. The maximum absolute atomic E-state index is 11.8. The monoisotopic (exact) mass is 258 g/mol. The van der Waals surface area contributed by atoms with E-state index in [0.717, 1.165) is 26.0 Å².